The molecule has 4 aromatic rings. The first-order valence-corrected chi connectivity index (χ1v) is 6.18. The number of aromatic nitrogens is 4. The SMILES string of the molecule is N#Cc1cccc2[nH]c(-c3cnn4ccccc34)nc12. The number of imidazole rings is 1. The average molecular weight is 259 g/mol. The van der Waals surface area contributed by atoms with Gasteiger partial charge in [0.15, 0.2) is 0 Å². The molecule has 0 aliphatic carbocycles. The fraction of sp³-hybridized carbons (Fsp3) is 0. The third-order valence-electron chi connectivity index (χ3n) is 3.31. The number of para-hydroxylation sites is 1. The molecule has 0 saturated heterocycles. The van der Waals surface area contributed by atoms with Gasteiger partial charge in [-0.25, -0.2) is 9.50 Å². The minimum atomic E-state index is 0.571. The fourth-order valence-corrected chi connectivity index (χ4v) is 2.37. The number of hydrogen-bond acceptors (Lipinski definition) is 3. The van der Waals surface area contributed by atoms with E-state index in [-0.39, 0.29) is 0 Å². The molecule has 0 saturated carbocycles. The molecule has 1 N–H and O–H groups in total. The Bertz CT molecular complexity index is 971. The zero-order valence-electron chi connectivity index (χ0n) is 10.4. The molecule has 0 atom stereocenters. The Morgan fingerprint density at radius 3 is 3.00 bits per heavy atom. The van der Waals surface area contributed by atoms with Crippen LogP contribution >= 0.6 is 0 Å². The van der Waals surface area contributed by atoms with Gasteiger partial charge in [0.25, 0.3) is 0 Å². The number of fused-ring (bicyclic) bond motifs is 2. The van der Waals surface area contributed by atoms with Crippen molar-refractivity contribution in [1.29, 1.82) is 5.26 Å². The van der Waals surface area contributed by atoms with Crippen LogP contribution in [0.15, 0.2) is 48.8 Å². The second-order valence-electron chi connectivity index (χ2n) is 4.49. The van der Waals surface area contributed by atoms with E-state index in [1.165, 1.54) is 0 Å². The van der Waals surface area contributed by atoms with Crippen molar-refractivity contribution >= 4 is 16.6 Å². The van der Waals surface area contributed by atoms with E-state index in [2.05, 4.69) is 21.1 Å². The standard InChI is InChI=1S/C15H9N5/c16-8-10-4-3-5-12-14(10)19-15(18-12)11-9-17-20-7-2-1-6-13(11)20/h1-7,9H,(H,18,19). The molecule has 0 bridgehead atoms. The lowest BCUT2D eigenvalue weighted by molar-refractivity contribution is 0.961. The van der Waals surface area contributed by atoms with Crippen LogP contribution < -0.4 is 0 Å². The van der Waals surface area contributed by atoms with Gasteiger partial charge in [-0.3, -0.25) is 0 Å². The molecule has 20 heavy (non-hydrogen) atoms. The molecule has 0 radical (unpaired) electrons. The lowest BCUT2D eigenvalue weighted by Crippen LogP contribution is -1.84. The summed E-state index contributed by atoms with van der Waals surface area (Å²) in [7, 11) is 0. The van der Waals surface area contributed by atoms with Crippen LogP contribution in [-0.2, 0) is 0 Å². The number of nitrogens with one attached hydrogen (secondary N) is 1. The lowest BCUT2D eigenvalue weighted by Gasteiger charge is -1.93. The summed E-state index contributed by atoms with van der Waals surface area (Å²) >= 11 is 0. The molecule has 1 aromatic carbocycles. The second-order valence-corrected chi connectivity index (χ2v) is 4.49. The van der Waals surface area contributed by atoms with Crippen molar-refractivity contribution in [2.45, 2.75) is 0 Å². The van der Waals surface area contributed by atoms with Gasteiger partial charge in [-0.05, 0) is 24.3 Å². The lowest BCUT2D eigenvalue weighted by atomic mass is 10.2. The van der Waals surface area contributed by atoms with Crippen molar-refractivity contribution in [3.8, 4) is 17.5 Å². The van der Waals surface area contributed by atoms with Crippen molar-refractivity contribution in [3.05, 3.63) is 54.4 Å². The van der Waals surface area contributed by atoms with E-state index < -0.39 is 0 Å². The minimum absolute atomic E-state index is 0.571. The van der Waals surface area contributed by atoms with Crippen molar-refractivity contribution in [1.82, 2.24) is 19.6 Å². The third kappa shape index (κ3) is 1.42. The summed E-state index contributed by atoms with van der Waals surface area (Å²) in [4.78, 5) is 7.79. The maximum atomic E-state index is 9.13. The number of nitriles is 1. The Morgan fingerprint density at radius 1 is 1.15 bits per heavy atom. The quantitative estimate of drug-likeness (QED) is 0.571. The monoisotopic (exact) mass is 259 g/mol. The van der Waals surface area contributed by atoms with Crippen LogP contribution in [0.25, 0.3) is 27.9 Å². The maximum Gasteiger partial charge on any atom is 0.142 e. The van der Waals surface area contributed by atoms with Gasteiger partial charge in [0.05, 0.1) is 28.4 Å². The molecule has 94 valence electrons. The molecule has 0 aliphatic heterocycles. The first-order valence-electron chi connectivity index (χ1n) is 6.18. The highest BCUT2D eigenvalue weighted by atomic mass is 15.2. The number of pyridine rings is 1. The van der Waals surface area contributed by atoms with Crippen molar-refractivity contribution in [3.63, 3.8) is 0 Å². The van der Waals surface area contributed by atoms with E-state index >= 15 is 0 Å². The second kappa shape index (κ2) is 3.93. The summed E-state index contributed by atoms with van der Waals surface area (Å²) in [6.07, 6.45) is 3.67. The van der Waals surface area contributed by atoms with Gasteiger partial charge in [-0.2, -0.15) is 10.4 Å². The molecule has 5 heteroatoms. The molecule has 0 amide bonds. The summed E-state index contributed by atoms with van der Waals surface area (Å²) in [5.74, 6) is 0.726. The van der Waals surface area contributed by atoms with Gasteiger partial charge in [-0.15, -0.1) is 0 Å². The Balaban J connectivity index is 2.01. The van der Waals surface area contributed by atoms with Gasteiger partial charge >= 0.3 is 0 Å². The van der Waals surface area contributed by atoms with Crippen LogP contribution in [0.1, 0.15) is 5.56 Å². The molecular formula is C15H9N5. The molecule has 3 aromatic heterocycles. The molecular weight excluding hydrogens is 250 g/mol. The molecule has 5 nitrogen and oxygen atoms in total. The maximum absolute atomic E-state index is 9.13. The van der Waals surface area contributed by atoms with E-state index in [1.807, 2.05) is 36.5 Å². The van der Waals surface area contributed by atoms with E-state index in [9.17, 15) is 0 Å². The van der Waals surface area contributed by atoms with Gasteiger partial charge in [0, 0.05) is 6.20 Å². The first-order chi connectivity index (χ1) is 9.86. The third-order valence-corrected chi connectivity index (χ3v) is 3.31. The number of rotatable bonds is 1. The Labute approximate surface area is 114 Å². The number of nitrogens with zero attached hydrogens (tertiary/aromatic N) is 4. The Hall–Kier alpha value is -3.13. The van der Waals surface area contributed by atoms with Crippen LogP contribution in [0, 0.1) is 11.3 Å². The number of hydrogen-bond donors (Lipinski definition) is 1. The summed E-state index contributed by atoms with van der Waals surface area (Å²) < 4.78 is 1.80. The highest BCUT2D eigenvalue weighted by Gasteiger charge is 2.12. The zero-order valence-corrected chi connectivity index (χ0v) is 10.4. The van der Waals surface area contributed by atoms with Crippen molar-refractivity contribution in [2.75, 3.05) is 0 Å². The number of aromatic amines is 1. The predicted molar refractivity (Wildman–Crippen MR) is 75.0 cm³/mol. The van der Waals surface area contributed by atoms with E-state index in [4.69, 9.17) is 5.26 Å². The molecule has 4 rings (SSSR count). The predicted octanol–water partition coefficient (Wildman–Crippen LogP) is 2.75. The van der Waals surface area contributed by atoms with Crippen LogP contribution in [0.2, 0.25) is 0 Å². The van der Waals surface area contributed by atoms with Gasteiger partial charge in [0.2, 0.25) is 0 Å². The van der Waals surface area contributed by atoms with E-state index in [0.717, 1.165) is 22.4 Å². The largest absolute Gasteiger partial charge is 0.338 e. The highest BCUT2D eigenvalue weighted by molar-refractivity contribution is 5.87. The summed E-state index contributed by atoms with van der Waals surface area (Å²) in [5.41, 5.74) is 4.02. The summed E-state index contributed by atoms with van der Waals surface area (Å²) in [5, 5.41) is 13.4. The van der Waals surface area contributed by atoms with Crippen LogP contribution in [0.4, 0.5) is 0 Å². The number of H-pyrrole nitrogens is 1. The van der Waals surface area contributed by atoms with Crippen molar-refractivity contribution < 1.29 is 0 Å². The smallest absolute Gasteiger partial charge is 0.142 e. The molecule has 0 unspecified atom stereocenters. The summed E-state index contributed by atoms with van der Waals surface area (Å²) in [6.45, 7) is 0. The normalized spacial score (nSPS) is 10.9. The van der Waals surface area contributed by atoms with Crippen molar-refractivity contribution in [2.24, 2.45) is 0 Å². The van der Waals surface area contributed by atoms with E-state index in [0.29, 0.717) is 11.1 Å². The average Bonchev–Trinajstić information content (AvgIpc) is 3.10. The fourth-order valence-electron chi connectivity index (χ4n) is 2.37. The molecule has 0 fully saturated rings. The Kier molecular flexibility index (Phi) is 2.12. The first kappa shape index (κ1) is 10.8. The number of benzene rings is 1. The Morgan fingerprint density at radius 2 is 2.10 bits per heavy atom. The molecule has 0 spiro atoms. The zero-order chi connectivity index (χ0) is 13.5. The molecule has 0 aliphatic rings. The minimum Gasteiger partial charge on any atom is -0.338 e. The van der Waals surface area contributed by atoms with E-state index in [1.54, 1.807) is 16.8 Å². The van der Waals surface area contributed by atoms with Crippen LogP contribution in [0.3, 0.4) is 0 Å². The molecule has 3 heterocycles. The van der Waals surface area contributed by atoms with Crippen LogP contribution in [0.5, 0.6) is 0 Å². The van der Waals surface area contributed by atoms with Gasteiger partial charge in [0.1, 0.15) is 17.4 Å². The van der Waals surface area contributed by atoms with Gasteiger partial charge in [-0.1, -0.05) is 12.1 Å². The summed E-state index contributed by atoms with van der Waals surface area (Å²) in [6, 6.07) is 13.6. The highest BCUT2D eigenvalue weighted by Crippen LogP contribution is 2.25. The van der Waals surface area contributed by atoms with Gasteiger partial charge < -0.3 is 4.98 Å². The van der Waals surface area contributed by atoms with Crippen LogP contribution in [-0.4, -0.2) is 19.6 Å². The topological polar surface area (TPSA) is 69.8 Å².